The summed E-state index contributed by atoms with van der Waals surface area (Å²) in [5.74, 6) is 1.39. The molecular formula is C17H28N2. The van der Waals surface area contributed by atoms with E-state index in [1.807, 2.05) is 0 Å². The molecule has 1 saturated heterocycles. The Labute approximate surface area is 118 Å². The Bertz CT molecular complexity index is 374. The second-order valence-electron chi connectivity index (χ2n) is 6.41. The van der Waals surface area contributed by atoms with E-state index in [0.717, 1.165) is 5.92 Å². The summed E-state index contributed by atoms with van der Waals surface area (Å²) in [4.78, 5) is 2.62. The minimum atomic E-state index is 0.117. The number of nitrogens with zero attached hydrogens (tertiary/aromatic N) is 1. The van der Waals surface area contributed by atoms with Crippen molar-refractivity contribution in [2.45, 2.75) is 45.7 Å². The van der Waals surface area contributed by atoms with E-state index in [1.165, 1.54) is 31.5 Å². The van der Waals surface area contributed by atoms with Gasteiger partial charge in [0.2, 0.25) is 0 Å². The van der Waals surface area contributed by atoms with Gasteiger partial charge in [0.1, 0.15) is 0 Å². The number of nitrogens with two attached hydrogens (primary N) is 1. The van der Waals surface area contributed by atoms with Gasteiger partial charge in [0.15, 0.2) is 0 Å². The first-order valence-electron chi connectivity index (χ1n) is 7.64. The Morgan fingerprint density at radius 1 is 1.21 bits per heavy atom. The van der Waals surface area contributed by atoms with Crippen molar-refractivity contribution in [3.05, 3.63) is 35.9 Å². The summed E-state index contributed by atoms with van der Waals surface area (Å²) in [5, 5.41) is 0. The molecule has 1 aliphatic heterocycles. The van der Waals surface area contributed by atoms with Gasteiger partial charge >= 0.3 is 0 Å². The minimum absolute atomic E-state index is 0.117. The largest absolute Gasteiger partial charge is 0.323 e. The van der Waals surface area contributed by atoms with E-state index in [4.69, 9.17) is 5.73 Å². The molecule has 0 amide bonds. The van der Waals surface area contributed by atoms with E-state index >= 15 is 0 Å². The first kappa shape index (κ1) is 14.5. The number of hydrogen-bond acceptors (Lipinski definition) is 2. The van der Waals surface area contributed by atoms with Crippen LogP contribution in [0.5, 0.6) is 0 Å². The predicted molar refractivity (Wildman–Crippen MR) is 82.0 cm³/mol. The van der Waals surface area contributed by atoms with Gasteiger partial charge in [-0.1, -0.05) is 51.1 Å². The third-order valence-corrected chi connectivity index (χ3v) is 4.35. The average Bonchev–Trinajstić information content (AvgIpc) is 2.39. The molecule has 2 N–H and O–H groups in total. The van der Waals surface area contributed by atoms with Crippen molar-refractivity contribution in [2.24, 2.45) is 17.6 Å². The third-order valence-electron chi connectivity index (χ3n) is 4.35. The third kappa shape index (κ3) is 3.58. The molecule has 19 heavy (non-hydrogen) atoms. The molecule has 0 spiro atoms. The second-order valence-corrected chi connectivity index (χ2v) is 6.41. The fraction of sp³-hybridized carbons (Fsp3) is 0.647. The van der Waals surface area contributed by atoms with Gasteiger partial charge in [0.05, 0.1) is 0 Å². The summed E-state index contributed by atoms with van der Waals surface area (Å²) in [6, 6.07) is 11.1. The molecule has 3 unspecified atom stereocenters. The highest BCUT2D eigenvalue weighted by atomic mass is 15.2. The molecule has 1 aromatic rings. The highest BCUT2D eigenvalue weighted by Crippen LogP contribution is 2.28. The molecule has 106 valence electrons. The van der Waals surface area contributed by atoms with Gasteiger partial charge in [-0.15, -0.1) is 0 Å². The maximum Gasteiger partial charge on any atom is 0.0455 e. The van der Waals surface area contributed by atoms with Crippen LogP contribution in [0.2, 0.25) is 0 Å². The molecular weight excluding hydrogens is 232 g/mol. The van der Waals surface area contributed by atoms with Crippen molar-refractivity contribution in [2.75, 3.05) is 13.1 Å². The molecule has 0 aromatic heterocycles. The van der Waals surface area contributed by atoms with Crippen molar-refractivity contribution in [1.82, 2.24) is 4.90 Å². The quantitative estimate of drug-likeness (QED) is 0.898. The SMILES string of the molecule is CC1CCCN(C(C(C)C)C(N)c2ccccc2)C1. The van der Waals surface area contributed by atoms with Crippen LogP contribution in [-0.2, 0) is 0 Å². The number of likely N-dealkylation sites (tertiary alicyclic amines) is 1. The van der Waals surface area contributed by atoms with Crippen LogP contribution in [0.15, 0.2) is 30.3 Å². The fourth-order valence-electron chi connectivity index (χ4n) is 3.43. The second kappa shape index (κ2) is 6.53. The summed E-state index contributed by atoms with van der Waals surface area (Å²) >= 11 is 0. The molecule has 1 fully saturated rings. The highest BCUT2D eigenvalue weighted by molar-refractivity contribution is 5.20. The molecule has 2 nitrogen and oxygen atoms in total. The minimum Gasteiger partial charge on any atom is -0.323 e. The van der Waals surface area contributed by atoms with Gasteiger partial charge in [-0.05, 0) is 36.8 Å². The van der Waals surface area contributed by atoms with Crippen molar-refractivity contribution in [3.63, 3.8) is 0 Å². The van der Waals surface area contributed by atoms with Crippen molar-refractivity contribution < 1.29 is 0 Å². The van der Waals surface area contributed by atoms with Crippen LogP contribution in [0, 0.1) is 11.8 Å². The zero-order valence-electron chi connectivity index (χ0n) is 12.5. The molecule has 1 aromatic carbocycles. The lowest BCUT2D eigenvalue weighted by Crippen LogP contribution is -2.49. The maximum atomic E-state index is 6.57. The van der Waals surface area contributed by atoms with E-state index in [1.54, 1.807) is 0 Å². The van der Waals surface area contributed by atoms with Crippen LogP contribution in [0.25, 0.3) is 0 Å². The zero-order chi connectivity index (χ0) is 13.8. The molecule has 1 heterocycles. The number of benzene rings is 1. The van der Waals surface area contributed by atoms with Gasteiger partial charge in [-0.2, -0.15) is 0 Å². The van der Waals surface area contributed by atoms with Crippen LogP contribution in [-0.4, -0.2) is 24.0 Å². The Hall–Kier alpha value is -0.860. The van der Waals surface area contributed by atoms with E-state index in [-0.39, 0.29) is 6.04 Å². The highest BCUT2D eigenvalue weighted by Gasteiger charge is 2.31. The summed E-state index contributed by atoms with van der Waals surface area (Å²) < 4.78 is 0. The first-order chi connectivity index (χ1) is 9.09. The first-order valence-corrected chi connectivity index (χ1v) is 7.64. The lowest BCUT2D eigenvalue weighted by atomic mass is 9.87. The summed E-state index contributed by atoms with van der Waals surface area (Å²) in [7, 11) is 0. The lowest BCUT2D eigenvalue weighted by molar-refractivity contribution is 0.0838. The van der Waals surface area contributed by atoms with E-state index in [0.29, 0.717) is 12.0 Å². The smallest absolute Gasteiger partial charge is 0.0455 e. The average molecular weight is 260 g/mol. The van der Waals surface area contributed by atoms with Crippen molar-refractivity contribution in [3.8, 4) is 0 Å². The number of hydrogen-bond donors (Lipinski definition) is 1. The molecule has 3 atom stereocenters. The van der Waals surface area contributed by atoms with Crippen molar-refractivity contribution in [1.29, 1.82) is 0 Å². The summed E-state index contributed by atoms with van der Waals surface area (Å²) in [5.41, 5.74) is 7.84. The Kier molecular flexibility index (Phi) is 5.00. The zero-order valence-corrected chi connectivity index (χ0v) is 12.5. The fourth-order valence-corrected chi connectivity index (χ4v) is 3.43. The Morgan fingerprint density at radius 3 is 2.47 bits per heavy atom. The summed E-state index contributed by atoms with van der Waals surface area (Å²) in [6.07, 6.45) is 2.67. The topological polar surface area (TPSA) is 29.3 Å². The standard InChI is InChI=1S/C17H28N2/c1-13(2)17(19-11-7-8-14(3)12-19)16(18)15-9-5-4-6-10-15/h4-6,9-10,13-14,16-17H,7-8,11-12,18H2,1-3H3. The normalized spacial score (nSPS) is 24.4. The summed E-state index contributed by atoms with van der Waals surface area (Å²) in [6.45, 7) is 9.36. The van der Waals surface area contributed by atoms with Crippen molar-refractivity contribution >= 4 is 0 Å². The van der Waals surface area contributed by atoms with Crippen LogP contribution in [0.4, 0.5) is 0 Å². The van der Waals surface area contributed by atoms with E-state index in [9.17, 15) is 0 Å². The molecule has 0 bridgehead atoms. The molecule has 0 radical (unpaired) electrons. The monoisotopic (exact) mass is 260 g/mol. The lowest BCUT2D eigenvalue weighted by Gasteiger charge is -2.42. The van der Waals surface area contributed by atoms with Crippen LogP contribution < -0.4 is 5.73 Å². The molecule has 2 heteroatoms. The van der Waals surface area contributed by atoms with Gasteiger partial charge in [0.25, 0.3) is 0 Å². The molecule has 0 aliphatic carbocycles. The van der Waals surface area contributed by atoms with Gasteiger partial charge in [0, 0.05) is 18.6 Å². The van der Waals surface area contributed by atoms with E-state index < -0.39 is 0 Å². The molecule has 2 rings (SSSR count). The number of piperidine rings is 1. The Balaban J connectivity index is 2.15. The molecule has 1 aliphatic rings. The Morgan fingerprint density at radius 2 is 1.89 bits per heavy atom. The molecule has 0 saturated carbocycles. The van der Waals surface area contributed by atoms with Gasteiger partial charge in [-0.3, -0.25) is 4.90 Å². The predicted octanol–water partition coefficient (Wildman–Crippen LogP) is 3.44. The van der Waals surface area contributed by atoms with Gasteiger partial charge in [-0.25, -0.2) is 0 Å². The number of rotatable bonds is 4. The van der Waals surface area contributed by atoms with Crippen LogP contribution >= 0.6 is 0 Å². The van der Waals surface area contributed by atoms with Gasteiger partial charge < -0.3 is 5.73 Å². The maximum absolute atomic E-state index is 6.57. The van der Waals surface area contributed by atoms with E-state index in [2.05, 4.69) is 56.0 Å². The van der Waals surface area contributed by atoms with Crippen LogP contribution in [0.1, 0.15) is 45.2 Å². The van der Waals surface area contributed by atoms with Crippen LogP contribution in [0.3, 0.4) is 0 Å².